The molecule has 0 aromatic heterocycles. The van der Waals surface area contributed by atoms with Crippen molar-refractivity contribution < 1.29 is 14.3 Å². The van der Waals surface area contributed by atoms with E-state index in [1.807, 2.05) is 30.3 Å². The van der Waals surface area contributed by atoms with Gasteiger partial charge in [0, 0.05) is 26.0 Å². The van der Waals surface area contributed by atoms with Crippen LogP contribution < -0.4 is 5.32 Å². The Bertz CT molecular complexity index is 1200. The number of benzodiazepines with no additional fused rings is 1. The molecule has 0 saturated carbocycles. The number of halogens is 3. The molecule has 0 bridgehead atoms. The average Bonchev–Trinajstić information content (AvgIpc) is 2.90. The summed E-state index contributed by atoms with van der Waals surface area (Å²) in [6.45, 7) is 0. The molecule has 4 rings (SSSR count). The number of aliphatic imine (C=N–C) groups is 1. The number of nitrogens with zero attached hydrogens (tertiary/aromatic N) is 1. The third-order valence-electron chi connectivity index (χ3n) is 4.66. The van der Waals surface area contributed by atoms with Crippen molar-refractivity contribution in [2.75, 3.05) is 5.32 Å². The second-order valence-electron chi connectivity index (χ2n) is 6.72. The molecule has 1 aliphatic rings. The van der Waals surface area contributed by atoms with E-state index in [-0.39, 0.29) is 0 Å². The standard InChI is InChI=1S/C23H15Br2ClN2O3/c24-12-13-5-7-14(8-6-13)23(30)31-22-21(29)27-19-10-9-15(25)11-17(19)20(28-22)16-3-1-2-4-18(16)26/h1-11,22H,12H2,(H,27,29). The second kappa shape index (κ2) is 9.34. The SMILES string of the molecule is O=C(OC1N=C(c2ccccc2Cl)c2cc(Br)ccc2NC1=O)c1ccc(CBr)cc1. The first-order chi connectivity index (χ1) is 15.0. The van der Waals surface area contributed by atoms with E-state index in [1.165, 1.54) is 0 Å². The van der Waals surface area contributed by atoms with E-state index in [0.29, 0.717) is 38.4 Å². The summed E-state index contributed by atoms with van der Waals surface area (Å²) in [7, 11) is 0. The highest BCUT2D eigenvalue weighted by Gasteiger charge is 2.30. The lowest BCUT2D eigenvalue weighted by Crippen LogP contribution is -2.30. The largest absolute Gasteiger partial charge is 0.426 e. The summed E-state index contributed by atoms with van der Waals surface area (Å²) in [6, 6.07) is 19.5. The molecule has 0 spiro atoms. The minimum absolute atomic E-state index is 0.330. The highest BCUT2D eigenvalue weighted by Crippen LogP contribution is 2.30. The first-order valence-corrected chi connectivity index (χ1v) is 11.5. The number of carbonyl (C=O) groups excluding carboxylic acids is 2. The van der Waals surface area contributed by atoms with E-state index in [9.17, 15) is 9.59 Å². The van der Waals surface area contributed by atoms with Crippen LogP contribution in [0.5, 0.6) is 0 Å². The van der Waals surface area contributed by atoms with E-state index in [2.05, 4.69) is 42.2 Å². The van der Waals surface area contributed by atoms with E-state index in [0.717, 1.165) is 10.0 Å². The number of hydrogen-bond donors (Lipinski definition) is 1. The maximum Gasteiger partial charge on any atom is 0.340 e. The number of alkyl halides is 1. The van der Waals surface area contributed by atoms with Gasteiger partial charge >= 0.3 is 5.97 Å². The van der Waals surface area contributed by atoms with Gasteiger partial charge in [-0.25, -0.2) is 9.79 Å². The van der Waals surface area contributed by atoms with Gasteiger partial charge in [0.1, 0.15) is 0 Å². The van der Waals surface area contributed by atoms with Gasteiger partial charge < -0.3 is 10.1 Å². The van der Waals surface area contributed by atoms with Crippen LogP contribution in [0.25, 0.3) is 0 Å². The fourth-order valence-corrected chi connectivity index (χ4v) is 4.07. The molecule has 31 heavy (non-hydrogen) atoms. The lowest BCUT2D eigenvalue weighted by molar-refractivity contribution is -0.124. The number of hydrogen-bond acceptors (Lipinski definition) is 4. The number of benzene rings is 3. The highest BCUT2D eigenvalue weighted by molar-refractivity contribution is 9.10. The fraction of sp³-hybridized carbons (Fsp3) is 0.0870. The Labute approximate surface area is 200 Å². The van der Waals surface area contributed by atoms with Crippen LogP contribution in [0.15, 0.2) is 76.2 Å². The van der Waals surface area contributed by atoms with Crippen LogP contribution in [0.2, 0.25) is 5.02 Å². The minimum atomic E-state index is -1.37. The number of rotatable bonds is 4. The lowest BCUT2D eigenvalue weighted by Gasteiger charge is -2.13. The van der Waals surface area contributed by atoms with Gasteiger partial charge in [0.25, 0.3) is 12.1 Å². The van der Waals surface area contributed by atoms with Gasteiger partial charge in [-0.15, -0.1) is 0 Å². The molecule has 1 aliphatic heterocycles. The van der Waals surface area contributed by atoms with Crippen molar-refractivity contribution >= 4 is 66.7 Å². The van der Waals surface area contributed by atoms with Gasteiger partial charge in [-0.2, -0.15) is 0 Å². The van der Waals surface area contributed by atoms with Crippen molar-refractivity contribution in [2.45, 2.75) is 11.6 Å². The molecule has 5 nitrogen and oxygen atoms in total. The molecule has 1 N–H and O–H groups in total. The summed E-state index contributed by atoms with van der Waals surface area (Å²) in [5.74, 6) is -1.19. The number of ether oxygens (including phenoxy) is 1. The summed E-state index contributed by atoms with van der Waals surface area (Å²) in [6.07, 6.45) is -1.37. The summed E-state index contributed by atoms with van der Waals surface area (Å²) < 4.78 is 6.30. The smallest absolute Gasteiger partial charge is 0.340 e. The molecular weight excluding hydrogens is 548 g/mol. The summed E-state index contributed by atoms with van der Waals surface area (Å²) in [4.78, 5) is 30.1. The van der Waals surface area contributed by atoms with Crippen LogP contribution in [-0.2, 0) is 14.9 Å². The maximum atomic E-state index is 12.8. The molecule has 156 valence electrons. The molecule has 1 atom stereocenters. The van der Waals surface area contributed by atoms with Gasteiger partial charge in [0.2, 0.25) is 0 Å². The third-order valence-corrected chi connectivity index (χ3v) is 6.13. The molecule has 3 aromatic carbocycles. The van der Waals surface area contributed by atoms with Crippen LogP contribution in [0.4, 0.5) is 5.69 Å². The first kappa shape index (κ1) is 21.7. The number of nitrogens with one attached hydrogen (secondary N) is 1. The van der Waals surface area contributed by atoms with Crippen molar-refractivity contribution in [1.82, 2.24) is 0 Å². The second-order valence-corrected chi connectivity index (χ2v) is 8.61. The summed E-state index contributed by atoms with van der Waals surface area (Å²) in [5, 5.41) is 3.94. The maximum absolute atomic E-state index is 12.8. The molecule has 1 heterocycles. The third kappa shape index (κ3) is 4.74. The number of fused-ring (bicyclic) bond motifs is 1. The molecule has 0 saturated heterocycles. The van der Waals surface area contributed by atoms with E-state index < -0.39 is 18.1 Å². The Morgan fingerprint density at radius 2 is 1.81 bits per heavy atom. The fourth-order valence-electron chi connectivity index (χ4n) is 3.11. The van der Waals surface area contributed by atoms with Crippen LogP contribution in [0.1, 0.15) is 27.0 Å². The van der Waals surface area contributed by atoms with Gasteiger partial charge in [-0.3, -0.25) is 4.79 Å². The number of esters is 1. The minimum Gasteiger partial charge on any atom is -0.426 e. The zero-order valence-corrected chi connectivity index (χ0v) is 19.9. The molecule has 3 aromatic rings. The Kier molecular flexibility index (Phi) is 6.55. The van der Waals surface area contributed by atoms with E-state index >= 15 is 0 Å². The predicted molar refractivity (Wildman–Crippen MR) is 128 cm³/mol. The molecule has 0 aliphatic carbocycles. The topological polar surface area (TPSA) is 67.8 Å². The number of carbonyl (C=O) groups is 2. The van der Waals surface area contributed by atoms with Gasteiger partial charge in [0.15, 0.2) is 0 Å². The van der Waals surface area contributed by atoms with Crippen molar-refractivity contribution in [3.05, 3.63) is 98.5 Å². The monoisotopic (exact) mass is 560 g/mol. The normalized spacial score (nSPS) is 15.4. The highest BCUT2D eigenvalue weighted by atomic mass is 79.9. The zero-order valence-electron chi connectivity index (χ0n) is 15.9. The zero-order chi connectivity index (χ0) is 22.0. The summed E-state index contributed by atoms with van der Waals surface area (Å²) >= 11 is 13.2. The van der Waals surface area contributed by atoms with Gasteiger partial charge in [-0.05, 0) is 42.0 Å². The Hall–Kier alpha value is -2.48. The molecule has 8 heteroatoms. The Morgan fingerprint density at radius 1 is 1.06 bits per heavy atom. The van der Waals surface area contributed by atoms with Crippen molar-refractivity contribution in [3.8, 4) is 0 Å². The lowest BCUT2D eigenvalue weighted by atomic mass is 10.0. The average molecular weight is 563 g/mol. The molecule has 0 radical (unpaired) electrons. The Balaban J connectivity index is 1.75. The van der Waals surface area contributed by atoms with Crippen molar-refractivity contribution in [3.63, 3.8) is 0 Å². The van der Waals surface area contributed by atoms with Crippen LogP contribution in [0, 0.1) is 0 Å². The molecule has 0 fully saturated rings. The van der Waals surface area contributed by atoms with Crippen molar-refractivity contribution in [2.24, 2.45) is 4.99 Å². The van der Waals surface area contributed by atoms with Gasteiger partial charge in [0.05, 0.1) is 17.0 Å². The predicted octanol–water partition coefficient (Wildman–Crippen LogP) is 5.97. The molecule has 1 amide bonds. The van der Waals surface area contributed by atoms with Crippen LogP contribution in [-0.4, -0.2) is 23.8 Å². The Morgan fingerprint density at radius 3 is 2.52 bits per heavy atom. The van der Waals surface area contributed by atoms with Crippen LogP contribution in [0.3, 0.4) is 0 Å². The first-order valence-electron chi connectivity index (χ1n) is 9.25. The van der Waals surface area contributed by atoms with E-state index in [4.69, 9.17) is 16.3 Å². The van der Waals surface area contributed by atoms with Gasteiger partial charge in [-0.1, -0.05) is 73.8 Å². The number of amides is 1. The van der Waals surface area contributed by atoms with Crippen LogP contribution >= 0.6 is 43.5 Å². The molecule has 1 unspecified atom stereocenters. The summed E-state index contributed by atoms with van der Waals surface area (Å²) in [5.41, 5.74) is 3.64. The molecular formula is C23H15Br2ClN2O3. The van der Waals surface area contributed by atoms with Crippen molar-refractivity contribution in [1.29, 1.82) is 0 Å². The quantitative estimate of drug-likeness (QED) is 0.315. The van der Waals surface area contributed by atoms with E-state index in [1.54, 1.807) is 36.4 Å². The number of anilines is 1.